The van der Waals surface area contributed by atoms with Crippen molar-refractivity contribution in [2.24, 2.45) is 11.7 Å². The van der Waals surface area contributed by atoms with Crippen LogP contribution in [0.4, 0.5) is 0 Å². The molecule has 1 atom stereocenters. The molecular formula is C15H25Cl2N3O. The Morgan fingerprint density at radius 1 is 1.38 bits per heavy atom. The van der Waals surface area contributed by atoms with E-state index in [0.717, 1.165) is 42.9 Å². The van der Waals surface area contributed by atoms with E-state index in [2.05, 4.69) is 4.98 Å². The van der Waals surface area contributed by atoms with Crippen LogP contribution in [-0.2, 0) is 0 Å². The van der Waals surface area contributed by atoms with Gasteiger partial charge in [-0.2, -0.15) is 0 Å². The number of carbonyl (C=O) groups excluding carboxylic acids is 1. The fourth-order valence-corrected chi connectivity index (χ4v) is 2.80. The molecule has 1 amide bonds. The first kappa shape index (κ1) is 20.2. The Morgan fingerprint density at radius 3 is 2.71 bits per heavy atom. The van der Waals surface area contributed by atoms with Gasteiger partial charge in [0.2, 0.25) is 0 Å². The van der Waals surface area contributed by atoms with Crippen molar-refractivity contribution in [1.82, 2.24) is 9.88 Å². The molecule has 1 aromatic rings. The van der Waals surface area contributed by atoms with Gasteiger partial charge in [-0.3, -0.25) is 9.78 Å². The first-order chi connectivity index (χ1) is 9.11. The topological polar surface area (TPSA) is 59.2 Å². The average Bonchev–Trinajstić information content (AvgIpc) is 2.39. The summed E-state index contributed by atoms with van der Waals surface area (Å²) >= 11 is 0. The van der Waals surface area contributed by atoms with E-state index in [1.54, 1.807) is 0 Å². The van der Waals surface area contributed by atoms with Gasteiger partial charge in [0.05, 0.1) is 11.3 Å². The van der Waals surface area contributed by atoms with Crippen LogP contribution in [0.2, 0.25) is 0 Å². The number of pyridine rings is 1. The fourth-order valence-electron chi connectivity index (χ4n) is 2.80. The summed E-state index contributed by atoms with van der Waals surface area (Å²) < 4.78 is 0. The van der Waals surface area contributed by atoms with Crippen LogP contribution in [-0.4, -0.2) is 35.4 Å². The molecule has 1 saturated heterocycles. The van der Waals surface area contributed by atoms with Crippen molar-refractivity contribution in [3.05, 3.63) is 29.1 Å². The normalized spacial score (nSPS) is 17.7. The van der Waals surface area contributed by atoms with Gasteiger partial charge in [0, 0.05) is 18.8 Å². The van der Waals surface area contributed by atoms with E-state index in [1.165, 1.54) is 6.42 Å². The number of nitrogens with two attached hydrogens (primary N) is 1. The standard InChI is InChI=1S/C15H23N3O.2ClH/c1-11-5-6-14(12(2)17-11)15(19)18-9-3-4-13(10-18)7-8-16;;/h5-6,13H,3-4,7-10,16H2,1-2H3;2*1H. The second-order valence-corrected chi connectivity index (χ2v) is 5.42. The highest BCUT2D eigenvalue weighted by Gasteiger charge is 2.25. The monoisotopic (exact) mass is 333 g/mol. The number of hydrogen-bond donors (Lipinski definition) is 1. The third-order valence-electron chi connectivity index (χ3n) is 3.84. The first-order valence-corrected chi connectivity index (χ1v) is 7.05. The number of piperidine rings is 1. The minimum absolute atomic E-state index is 0. The molecule has 0 radical (unpaired) electrons. The van der Waals surface area contributed by atoms with Crippen LogP contribution < -0.4 is 5.73 Å². The molecule has 4 nitrogen and oxygen atoms in total. The van der Waals surface area contributed by atoms with Crippen LogP contribution >= 0.6 is 24.8 Å². The Kier molecular flexibility index (Phi) is 8.86. The summed E-state index contributed by atoms with van der Waals surface area (Å²) in [6.07, 6.45) is 3.27. The van der Waals surface area contributed by atoms with Gasteiger partial charge >= 0.3 is 0 Å². The highest BCUT2D eigenvalue weighted by Crippen LogP contribution is 2.21. The lowest BCUT2D eigenvalue weighted by Crippen LogP contribution is -2.40. The number of amides is 1. The molecule has 0 aromatic carbocycles. The molecule has 1 aliphatic heterocycles. The molecule has 2 rings (SSSR count). The molecule has 2 N–H and O–H groups in total. The van der Waals surface area contributed by atoms with Gasteiger partial charge in [0.1, 0.15) is 0 Å². The van der Waals surface area contributed by atoms with Crippen molar-refractivity contribution in [1.29, 1.82) is 0 Å². The van der Waals surface area contributed by atoms with E-state index in [9.17, 15) is 4.79 Å². The number of aryl methyl sites for hydroxylation is 2. The minimum Gasteiger partial charge on any atom is -0.338 e. The van der Waals surface area contributed by atoms with E-state index < -0.39 is 0 Å². The summed E-state index contributed by atoms with van der Waals surface area (Å²) in [7, 11) is 0. The van der Waals surface area contributed by atoms with Crippen molar-refractivity contribution >= 4 is 30.7 Å². The number of aromatic nitrogens is 1. The van der Waals surface area contributed by atoms with Crippen LogP contribution in [0.3, 0.4) is 0 Å². The second-order valence-electron chi connectivity index (χ2n) is 5.42. The Bertz CT molecular complexity index is 466. The van der Waals surface area contributed by atoms with Crippen molar-refractivity contribution in [2.75, 3.05) is 19.6 Å². The Balaban J connectivity index is 0.00000200. The summed E-state index contributed by atoms with van der Waals surface area (Å²) in [5.74, 6) is 0.674. The van der Waals surface area contributed by atoms with Crippen LogP contribution in [0.5, 0.6) is 0 Å². The van der Waals surface area contributed by atoms with Gasteiger partial charge in [0.15, 0.2) is 0 Å². The molecule has 1 fully saturated rings. The summed E-state index contributed by atoms with van der Waals surface area (Å²) in [6, 6.07) is 3.80. The zero-order valence-electron chi connectivity index (χ0n) is 12.7. The van der Waals surface area contributed by atoms with Gasteiger partial charge in [-0.15, -0.1) is 24.8 Å². The third-order valence-corrected chi connectivity index (χ3v) is 3.84. The Labute approximate surface area is 139 Å². The van der Waals surface area contributed by atoms with Crippen LogP contribution in [0.25, 0.3) is 0 Å². The number of likely N-dealkylation sites (tertiary alicyclic amines) is 1. The lowest BCUT2D eigenvalue weighted by molar-refractivity contribution is 0.0668. The van der Waals surface area contributed by atoms with Gasteiger partial charge < -0.3 is 10.6 Å². The molecule has 1 aliphatic rings. The summed E-state index contributed by atoms with van der Waals surface area (Å²) in [5, 5.41) is 0. The van der Waals surface area contributed by atoms with E-state index >= 15 is 0 Å². The van der Waals surface area contributed by atoms with E-state index in [0.29, 0.717) is 12.5 Å². The maximum atomic E-state index is 12.5. The van der Waals surface area contributed by atoms with Crippen molar-refractivity contribution in [3.63, 3.8) is 0 Å². The van der Waals surface area contributed by atoms with Crippen molar-refractivity contribution in [3.8, 4) is 0 Å². The van der Waals surface area contributed by atoms with Crippen LogP contribution in [0, 0.1) is 19.8 Å². The molecular weight excluding hydrogens is 309 g/mol. The molecule has 0 saturated carbocycles. The molecule has 0 aliphatic carbocycles. The molecule has 6 heteroatoms. The van der Waals surface area contributed by atoms with Gasteiger partial charge in [-0.05, 0) is 57.7 Å². The fraction of sp³-hybridized carbons (Fsp3) is 0.600. The second kappa shape index (κ2) is 9.23. The molecule has 120 valence electrons. The average molecular weight is 334 g/mol. The number of carbonyl (C=O) groups is 1. The smallest absolute Gasteiger partial charge is 0.255 e. The predicted octanol–water partition coefficient (Wildman–Crippen LogP) is 2.74. The maximum absolute atomic E-state index is 12.5. The summed E-state index contributed by atoms with van der Waals surface area (Å²) in [6.45, 7) is 6.25. The Hall–Kier alpha value is -0.840. The summed E-state index contributed by atoms with van der Waals surface area (Å²) in [5.41, 5.74) is 8.13. The molecule has 1 unspecified atom stereocenters. The van der Waals surface area contributed by atoms with Gasteiger partial charge in [0.25, 0.3) is 5.91 Å². The van der Waals surface area contributed by atoms with Crippen LogP contribution in [0.15, 0.2) is 12.1 Å². The predicted molar refractivity (Wildman–Crippen MR) is 90.5 cm³/mol. The SMILES string of the molecule is Cc1ccc(C(=O)N2CCCC(CCN)C2)c(C)n1.Cl.Cl. The number of hydrogen-bond acceptors (Lipinski definition) is 3. The summed E-state index contributed by atoms with van der Waals surface area (Å²) in [4.78, 5) is 18.9. The molecule has 1 aromatic heterocycles. The highest BCUT2D eigenvalue weighted by molar-refractivity contribution is 5.95. The van der Waals surface area contributed by atoms with Crippen molar-refractivity contribution < 1.29 is 4.79 Å². The zero-order chi connectivity index (χ0) is 13.8. The minimum atomic E-state index is 0. The lowest BCUT2D eigenvalue weighted by Gasteiger charge is -2.33. The van der Waals surface area contributed by atoms with Gasteiger partial charge in [-0.25, -0.2) is 0 Å². The quantitative estimate of drug-likeness (QED) is 0.925. The van der Waals surface area contributed by atoms with Crippen molar-refractivity contribution in [2.45, 2.75) is 33.1 Å². The maximum Gasteiger partial charge on any atom is 0.255 e. The Morgan fingerprint density at radius 2 is 2.10 bits per heavy atom. The molecule has 2 heterocycles. The van der Waals surface area contributed by atoms with E-state index in [-0.39, 0.29) is 30.7 Å². The molecule has 0 bridgehead atoms. The molecule has 0 spiro atoms. The third kappa shape index (κ3) is 5.13. The first-order valence-electron chi connectivity index (χ1n) is 7.05. The van der Waals surface area contributed by atoms with E-state index in [4.69, 9.17) is 5.73 Å². The largest absolute Gasteiger partial charge is 0.338 e. The number of nitrogens with zero attached hydrogens (tertiary/aromatic N) is 2. The number of halogens is 2. The van der Waals surface area contributed by atoms with E-state index in [1.807, 2.05) is 30.9 Å². The molecule has 21 heavy (non-hydrogen) atoms. The number of rotatable bonds is 3. The highest BCUT2D eigenvalue weighted by atomic mass is 35.5. The van der Waals surface area contributed by atoms with Gasteiger partial charge in [-0.1, -0.05) is 0 Å². The lowest BCUT2D eigenvalue weighted by atomic mass is 9.94. The zero-order valence-corrected chi connectivity index (χ0v) is 14.3. The van der Waals surface area contributed by atoms with Crippen LogP contribution in [0.1, 0.15) is 41.0 Å².